The Balaban J connectivity index is -0.00000220. The number of carbonyl (C=O) groups excluding carboxylic acids is 1. The first-order valence-corrected chi connectivity index (χ1v) is 8.63. The number of aliphatic hydroxyl groups is 1. The molecule has 0 aliphatic heterocycles. The Labute approximate surface area is 164 Å². The molecule has 0 radical (unpaired) electrons. The van der Waals surface area contributed by atoms with Crippen LogP contribution in [0.3, 0.4) is 0 Å². The number of hydrogen-bond acceptors (Lipinski definition) is 3. The van der Waals surface area contributed by atoms with Gasteiger partial charge in [0.15, 0.2) is 0 Å². The van der Waals surface area contributed by atoms with E-state index in [2.05, 4.69) is 6.92 Å². The van der Waals surface area contributed by atoms with Crippen LogP contribution in [0.15, 0.2) is 0 Å². The Hall–Kier alpha value is -0.100. The van der Waals surface area contributed by atoms with Crippen molar-refractivity contribution in [3.63, 3.8) is 0 Å². The molecule has 0 bridgehead atoms. The van der Waals surface area contributed by atoms with Gasteiger partial charge in [0.05, 0.1) is 0 Å². The molecule has 6 heteroatoms. The minimum absolute atomic E-state index is 0. The summed E-state index contributed by atoms with van der Waals surface area (Å²) in [5, 5.41) is 18.6. The van der Waals surface area contributed by atoms with Gasteiger partial charge in [0.2, 0.25) is 5.91 Å². The zero-order valence-electron chi connectivity index (χ0n) is 16.4. The molecule has 0 fully saturated rings. The molecule has 0 aromatic carbocycles. The largest absolute Gasteiger partial charge is 1.00 e. The average molecular weight is 339 g/mol. The number of nitrogens with zero attached hydrogens (tertiary/aromatic N) is 1. The van der Waals surface area contributed by atoms with Crippen molar-refractivity contribution in [3.8, 4) is 0 Å². The topological polar surface area (TPSA) is 77.8 Å². The van der Waals surface area contributed by atoms with Gasteiger partial charge in [-0.3, -0.25) is 4.79 Å². The van der Waals surface area contributed by atoms with Crippen molar-refractivity contribution in [2.24, 2.45) is 0 Å². The molecule has 2 N–H and O–H groups in total. The number of aliphatic carboxylic acids is 1. The molecule has 2 unspecified atom stereocenters. The van der Waals surface area contributed by atoms with Crippen molar-refractivity contribution in [1.29, 1.82) is 0 Å². The van der Waals surface area contributed by atoms with Crippen LogP contribution in [0.4, 0.5) is 0 Å². The molecular formula is C17H34NNaO4. The molecule has 23 heavy (non-hydrogen) atoms. The van der Waals surface area contributed by atoms with E-state index < -0.39 is 18.2 Å². The van der Waals surface area contributed by atoms with E-state index in [1.807, 2.05) is 0 Å². The molecule has 5 nitrogen and oxygen atoms in total. The molecule has 132 valence electrons. The monoisotopic (exact) mass is 339 g/mol. The second kappa shape index (κ2) is 15.4. The minimum atomic E-state index is -1.10. The maximum absolute atomic E-state index is 12.0. The van der Waals surface area contributed by atoms with E-state index in [9.17, 15) is 14.7 Å². The molecule has 0 rings (SSSR count). The molecule has 0 aliphatic rings. The molecule has 0 spiro atoms. The van der Waals surface area contributed by atoms with E-state index in [1.54, 1.807) is 0 Å². The molecule has 0 saturated carbocycles. The van der Waals surface area contributed by atoms with Crippen LogP contribution in [0.2, 0.25) is 0 Å². The first-order chi connectivity index (χ1) is 10.4. The number of aliphatic hydroxyl groups excluding tert-OH is 1. The maximum atomic E-state index is 12.0. The van der Waals surface area contributed by atoms with Crippen LogP contribution in [-0.2, 0) is 9.59 Å². The maximum Gasteiger partial charge on any atom is 1.00 e. The van der Waals surface area contributed by atoms with Crippen LogP contribution >= 0.6 is 0 Å². The molecule has 0 aromatic heterocycles. The quantitative estimate of drug-likeness (QED) is 0.294. The van der Waals surface area contributed by atoms with Gasteiger partial charge in [-0.2, -0.15) is 0 Å². The fraction of sp³-hybridized carbons (Fsp3) is 0.882. The summed E-state index contributed by atoms with van der Waals surface area (Å²) in [5.41, 5.74) is 0. The van der Waals surface area contributed by atoms with Crippen molar-refractivity contribution in [1.82, 2.24) is 4.90 Å². The van der Waals surface area contributed by atoms with Crippen molar-refractivity contribution < 1.29 is 50.8 Å². The summed E-state index contributed by atoms with van der Waals surface area (Å²) >= 11 is 0. The summed E-state index contributed by atoms with van der Waals surface area (Å²) in [5.74, 6) is -1.38. The fourth-order valence-corrected chi connectivity index (χ4v) is 2.58. The van der Waals surface area contributed by atoms with Gasteiger partial charge in [-0.15, -0.1) is 0 Å². The van der Waals surface area contributed by atoms with Gasteiger partial charge in [0, 0.05) is 6.42 Å². The Kier molecular flexibility index (Phi) is 16.9. The number of hydrogen-bond donors (Lipinski definition) is 2. The summed E-state index contributed by atoms with van der Waals surface area (Å²) in [6, 6.07) is -0.994. The van der Waals surface area contributed by atoms with Crippen LogP contribution in [0.5, 0.6) is 0 Å². The number of carboxylic acids is 1. The van der Waals surface area contributed by atoms with Crippen molar-refractivity contribution >= 4 is 11.9 Å². The fourth-order valence-electron chi connectivity index (χ4n) is 2.58. The summed E-state index contributed by atoms with van der Waals surface area (Å²) in [6.45, 7) is 5.05. The predicted octanol–water partition coefficient (Wildman–Crippen LogP) is 0.664. The molecule has 2 atom stereocenters. The first-order valence-electron chi connectivity index (χ1n) is 8.63. The van der Waals surface area contributed by atoms with Crippen molar-refractivity contribution in [2.75, 3.05) is 0 Å². The number of rotatable bonds is 13. The van der Waals surface area contributed by atoms with Gasteiger partial charge >= 0.3 is 35.5 Å². The van der Waals surface area contributed by atoms with Crippen LogP contribution in [0, 0.1) is 0 Å². The van der Waals surface area contributed by atoms with Gasteiger partial charge in [-0.25, -0.2) is 4.79 Å². The van der Waals surface area contributed by atoms with E-state index in [0.717, 1.165) is 24.2 Å². The smallest absolute Gasteiger partial charge is 1.00 e. The van der Waals surface area contributed by atoms with Crippen LogP contribution in [-0.4, -0.2) is 39.3 Å². The molecule has 0 aromatic rings. The van der Waals surface area contributed by atoms with E-state index in [-0.39, 0.29) is 36.9 Å². The number of carbonyl (C=O) groups is 2. The van der Waals surface area contributed by atoms with Gasteiger partial charge < -0.3 is 16.5 Å². The van der Waals surface area contributed by atoms with Crippen LogP contribution in [0.1, 0.15) is 86.4 Å². The van der Waals surface area contributed by atoms with Gasteiger partial charge in [0.1, 0.15) is 12.3 Å². The van der Waals surface area contributed by atoms with Crippen LogP contribution in [0.25, 0.3) is 0 Å². The second-order valence-electron chi connectivity index (χ2n) is 6.03. The summed E-state index contributed by atoms with van der Waals surface area (Å²) < 4.78 is 0. The zero-order valence-corrected chi connectivity index (χ0v) is 17.4. The average Bonchev–Trinajstić information content (AvgIpc) is 2.45. The van der Waals surface area contributed by atoms with Gasteiger partial charge in [-0.05, 0) is 20.3 Å². The van der Waals surface area contributed by atoms with E-state index >= 15 is 0 Å². The third kappa shape index (κ3) is 12.0. The first kappa shape index (κ1) is 25.1. The molecule has 0 heterocycles. The van der Waals surface area contributed by atoms with E-state index in [0.29, 0.717) is 6.42 Å². The Morgan fingerprint density at radius 3 is 1.78 bits per heavy atom. The van der Waals surface area contributed by atoms with Crippen molar-refractivity contribution in [3.05, 3.63) is 0 Å². The predicted molar refractivity (Wildman–Crippen MR) is 88.6 cm³/mol. The summed E-state index contributed by atoms with van der Waals surface area (Å²) in [4.78, 5) is 24.1. The van der Waals surface area contributed by atoms with E-state index in [1.165, 1.54) is 52.4 Å². The van der Waals surface area contributed by atoms with Crippen LogP contribution < -0.4 is 29.6 Å². The Morgan fingerprint density at radius 1 is 0.957 bits per heavy atom. The minimum Gasteiger partial charge on any atom is -1.00 e. The molecule has 0 saturated heterocycles. The second-order valence-corrected chi connectivity index (χ2v) is 6.03. The van der Waals surface area contributed by atoms with E-state index in [4.69, 9.17) is 5.11 Å². The normalized spacial score (nSPS) is 13.0. The Morgan fingerprint density at radius 2 is 1.39 bits per heavy atom. The zero-order chi connectivity index (χ0) is 17.0. The molecule has 0 aliphatic carbocycles. The molecule has 1 amide bonds. The standard InChI is InChI=1S/C17H33NO4.Na.H/c1-4-5-6-7-8-9-10-11-12-13-16(20)18(15(3)19)14(2)17(21)22;;/h14-15,19H,4-13H2,1-3H3,(H,21,22);;/q;+1;-1. The van der Waals surface area contributed by atoms with Gasteiger partial charge in [-0.1, -0.05) is 58.3 Å². The number of carboxylic acid groups (broad SMARTS) is 1. The Bertz CT molecular complexity index is 330. The SMILES string of the molecule is CCCCCCCCCCCC(=O)N(C(C)O)C(C)C(=O)O.[H-].[Na+]. The summed E-state index contributed by atoms with van der Waals surface area (Å²) in [6.07, 6.45) is 9.70. The molecular weight excluding hydrogens is 305 g/mol. The third-order valence-corrected chi connectivity index (χ3v) is 3.96. The number of amides is 1. The third-order valence-electron chi connectivity index (χ3n) is 3.96. The van der Waals surface area contributed by atoms with Crippen molar-refractivity contribution in [2.45, 2.75) is 97.2 Å². The number of unbranched alkanes of at least 4 members (excludes halogenated alkanes) is 8. The summed E-state index contributed by atoms with van der Waals surface area (Å²) in [7, 11) is 0. The van der Waals surface area contributed by atoms with Gasteiger partial charge in [0.25, 0.3) is 0 Å².